The Bertz CT molecular complexity index is 697. The first-order chi connectivity index (χ1) is 10.7. The number of anilines is 2. The quantitative estimate of drug-likeness (QED) is 0.866. The molecule has 2 aliphatic heterocycles. The zero-order chi connectivity index (χ0) is 15.2. The Morgan fingerprint density at radius 2 is 2.05 bits per heavy atom. The van der Waals surface area contributed by atoms with Gasteiger partial charge < -0.3 is 15.4 Å². The van der Waals surface area contributed by atoms with Crippen molar-refractivity contribution in [2.24, 2.45) is 0 Å². The topological polar surface area (TPSA) is 64.3 Å². The molecule has 0 saturated carbocycles. The largest absolute Gasteiger partial charge is 0.487 e. The number of nitrogens with two attached hydrogens (primary N) is 1. The number of hydrogen-bond acceptors (Lipinski definition) is 6. The maximum atomic E-state index is 6.36. The van der Waals surface area contributed by atoms with Gasteiger partial charge in [0.2, 0.25) is 10.3 Å². The van der Waals surface area contributed by atoms with Crippen LogP contribution in [0.1, 0.15) is 24.8 Å². The van der Waals surface area contributed by atoms with Gasteiger partial charge in [-0.2, -0.15) is 0 Å². The third-order valence-electron chi connectivity index (χ3n) is 4.61. The van der Waals surface area contributed by atoms with Gasteiger partial charge in [-0.1, -0.05) is 29.0 Å². The molecular formula is C15H17ClN4OS. The molecule has 1 saturated heterocycles. The molecule has 4 rings (SSSR count). The van der Waals surface area contributed by atoms with Crippen LogP contribution in [0.2, 0.25) is 5.02 Å². The number of piperidine rings is 1. The first kappa shape index (κ1) is 14.1. The number of halogens is 1. The van der Waals surface area contributed by atoms with Crippen molar-refractivity contribution in [2.75, 3.05) is 23.7 Å². The van der Waals surface area contributed by atoms with Crippen LogP contribution in [-0.4, -0.2) is 28.9 Å². The fourth-order valence-electron chi connectivity index (χ4n) is 3.33. The molecule has 0 bridgehead atoms. The van der Waals surface area contributed by atoms with Gasteiger partial charge in [0, 0.05) is 36.5 Å². The molecule has 22 heavy (non-hydrogen) atoms. The van der Waals surface area contributed by atoms with E-state index in [-0.39, 0.29) is 5.60 Å². The maximum Gasteiger partial charge on any atom is 0.209 e. The first-order valence-electron chi connectivity index (χ1n) is 7.46. The summed E-state index contributed by atoms with van der Waals surface area (Å²) in [6.07, 6.45) is 3.98. The summed E-state index contributed by atoms with van der Waals surface area (Å²) >= 11 is 7.70. The van der Waals surface area contributed by atoms with Crippen LogP contribution in [0.4, 0.5) is 10.3 Å². The van der Waals surface area contributed by atoms with Crippen LogP contribution in [0.5, 0.6) is 5.75 Å². The molecule has 3 heterocycles. The Morgan fingerprint density at radius 1 is 1.23 bits per heavy atom. The van der Waals surface area contributed by atoms with Gasteiger partial charge in [-0.05, 0) is 25.0 Å². The van der Waals surface area contributed by atoms with Crippen molar-refractivity contribution in [3.63, 3.8) is 0 Å². The molecule has 116 valence electrons. The van der Waals surface area contributed by atoms with Crippen LogP contribution in [0.25, 0.3) is 0 Å². The fraction of sp³-hybridized carbons (Fsp3) is 0.467. The Morgan fingerprint density at radius 3 is 2.77 bits per heavy atom. The molecule has 0 amide bonds. The molecule has 5 nitrogen and oxygen atoms in total. The van der Waals surface area contributed by atoms with Crippen molar-refractivity contribution >= 4 is 33.2 Å². The van der Waals surface area contributed by atoms with Crippen LogP contribution in [0, 0.1) is 0 Å². The molecule has 0 aliphatic carbocycles. The minimum Gasteiger partial charge on any atom is -0.487 e. The standard InChI is InChI=1S/C15H17ClN4OS/c16-11-2-1-3-12-10(11)4-5-15(21-12)6-8-20(9-7-15)14-19-18-13(17)22-14/h1-3H,4-9H2,(H2,17,18). The number of hydrogen-bond donors (Lipinski definition) is 1. The van der Waals surface area contributed by atoms with Gasteiger partial charge in [-0.25, -0.2) is 0 Å². The van der Waals surface area contributed by atoms with Crippen molar-refractivity contribution in [1.29, 1.82) is 0 Å². The van der Waals surface area contributed by atoms with E-state index in [1.807, 2.05) is 18.2 Å². The molecule has 2 aromatic rings. The maximum absolute atomic E-state index is 6.36. The van der Waals surface area contributed by atoms with Crippen LogP contribution < -0.4 is 15.4 Å². The zero-order valence-corrected chi connectivity index (χ0v) is 13.7. The molecule has 0 unspecified atom stereocenters. The number of fused-ring (bicyclic) bond motifs is 1. The van der Waals surface area contributed by atoms with Crippen LogP contribution in [0.3, 0.4) is 0 Å². The van der Waals surface area contributed by atoms with Gasteiger partial charge in [0.1, 0.15) is 11.4 Å². The Hall–Kier alpha value is -1.53. The lowest BCUT2D eigenvalue weighted by Gasteiger charge is -2.44. The number of nitrogen functional groups attached to an aromatic ring is 1. The van der Waals surface area contributed by atoms with Crippen molar-refractivity contribution in [3.8, 4) is 5.75 Å². The van der Waals surface area contributed by atoms with Crippen molar-refractivity contribution in [3.05, 3.63) is 28.8 Å². The lowest BCUT2D eigenvalue weighted by atomic mass is 9.83. The summed E-state index contributed by atoms with van der Waals surface area (Å²) in [6, 6.07) is 5.92. The van der Waals surface area contributed by atoms with Gasteiger partial charge in [-0.15, -0.1) is 10.2 Å². The van der Waals surface area contributed by atoms with Crippen LogP contribution in [0.15, 0.2) is 18.2 Å². The molecule has 2 N–H and O–H groups in total. The van der Waals surface area contributed by atoms with E-state index >= 15 is 0 Å². The first-order valence-corrected chi connectivity index (χ1v) is 8.65. The van der Waals surface area contributed by atoms with E-state index in [2.05, 4.69) is 15.1 Å². The zero-order valence-electron chi connectivity index (χ0n) is 12.1. The van der Waals surface area contributed by atoms with Crippen molar-refractivity contribution in [2.45, 2.75) is 31.3 Å². The average Bonchev–Trinajstić information content (AvgIpc) is 2.95. The van der Waals surface area contributed by atoms with Crippen LogP contribution >= 0.6 is 22.9 Å². The third kappa shape index (κ3) is 2.40. The smallest absolute Gasteiger partial charge is 0.209 e. The van der Waals surface area contributed by atoms with E-state index in [1.54, 1.807) is 0 Å². The van der Waals surface area contributed by atoms with Gasteiger partial charge in [0.25, 0.3) is 0 Å². The highest BCUT2D eigenvalue weighted by Gasteiger charge is 2.40. The molecule has 1 fully saturated rings. The molecule has 0 radical (unpaired) electrons. The highest BCUT2D eigenvalue weighted by atomic mass is 35.5. The normalized spacial score (nSPS) is 19.8. The summed E-state index contributed by atoms with van der Waals surface area (Å²) < 4.78 is 6.36. The predicted octanol–water partition coefficient (Wildman–Crippen LogP) is 3.14. The van der Waals surface area contributed by atoms with Gasteiger partial charge in [0.15, 0.2) is 0 Å². The van der Waals surface area contributed by atoms with E-state index in [0.29, 0.717) is 5.13 Å². The summed E-state index contributed by atoms with van der Waals surface area (Å²) in [5, 5.41) is 10.3. The highest BCUT2D eigenvalue weighted by molar-refractivity contribution is 7.18. The summed E-state index contributed by atoms with van der Waals surface area (Å²) in [4.78, 5) is 2.25. The molecule has 7 heteroatoms. The minimum absolute atomic E-state index is 0.0651. The van der Waals surface area contributed by atoms with E-state index < -0.39 is 0 Å². The Labute approximate surface area is 138 Å². The lowest BCUT2D eigenvalue weighted by molar-refractivity contribution is 0.0226. The van der Waals surface area contributed by atoms with Crippen LogP contribution in [-0.2, 0) is 6.42 Å². The Balaban J connectivity index is 1.49. The monoisotopic (exact) mass is 336 g/mol. The molecular weight excluding hydrogens is 320 g/mol. The molecule has 2 aliphatic rings. The third-order valence-corrected chi connectivity index (χ3v) is 5.78. The van der Waals surface area contributed by atoms with Gasteiger partial charge >= 0.3 is 0 Å². The van der Waals surface area contributed by atoms with E-state index in [4.69, 9.17) is 22.1 Å². The molecule has 1 aromatic carbocycles. The summed E-state index contributed by atoms with van der Waals surface area (Å²) in [7, 11) is 0. The van der Waals surface area contributed by atoms with E-state index in [9.17, 15) is 0 Å². The minimum atomic E-state index is -0.0651. The number of aromatic nitrogens is 2. The number of benzene rings is 1. The molecule has 1 spiro atoms. The summed E-state index contributed by atoms with van der Waals surface area (Å²) in [5.41, 5.74) is 6.75. The van der Waals surface area contributed by atoms with Crippen molar-refractivity contribution in [1.82, 2.24) is 10.2 Å². The second-order valence-corrected chi connectivity index (χ2v) is 7.31. The number of rotatable bonds is 1. The van der Waals surface area contributed by atoms with Gasteiger partial charge in [0.05, 0.1) is 0 Å². The summed E-state index contributed by atoms with van der Waals surface area (Å²) in [5.74, 6) is 0.951. The van der Waals surface area contributed by atoms with E-state index in [0.717, 1.165) is 60.2 Å². The fourth-order valence-corrected chi connectivity index (χ4v) is 4.25. The highest BCUT2D eigenvalue weighted by Crippen LogP contribution is 2.42. The molecule has 1 aromatic heterocycles. The Kier molecular flexibility index (Phi) is 3.38. The predicted molar refractivity (Wildman–Crippen MR) is 88.9 cm³/mol. The second-order valence-electron chi connectivity index (χ2n) is 5.91. The summed E-state index contributed by atoms with van der Waals surface area (Å²) in [6.45, 7) is 1.84. The second kappa shape index (κ2) is 5.28. The average molecular weight is 337 g/mol. The lowest BCUT2D eigenvalue weighted by Crippen LogP contribution is -2.49. The number of ether oxygens (including phenoxy) is 1. The van der Waals surface area contributed by atoms with Gasteiger partial charge in [-0.3, -0.25) is 0 Å². The molecule has 0 atom stereocenters. The van der Waals surface area contributed by atoms with Crippen molar-refractivity contribution < 1.29 is 4.74 Å². The number of nitrogens with zero attached hydrogens (tertiary/aromatic N) is 3. The van der Waals surface area contributed by atoms with E-state index in [1.165, 1.54) is 11.3 Å². The SMILES string of the molecule is Nc1nnc(N2CCC3(CCc4c(Cl)cccc4O3)CC2)s1.